The Balaban J connectivity index is 1.97. The lowest BCUT2D eigenvalue weighted by Crippen LogP contribution is -2.45. The molecule has 0 fully saturated rings. The molecule has 1 aliphatic rings. The molecule has 3 rings (SSSR count). The maximum Gasteiger partial charge on any atom is 0.373 e. The van der Waals surface area contributed by atoms with Crippen molar-refractivity contribution in [2.45, 2.75) is 26.0 Å². The van der Waals surface area contributed by atoms with Crippen LogP contribution in [0.4, 0.5) is 11.4 Å². The van der Waals surface area contributed by atoms with Gasteiger partial charge in [0.15, 0.2) is 6.10 Å². The van der Waals surface area contributed by atoms with E-state index in [1.807, 2.05) is 0 Å². The van der Waals surface area contributed by atoms with Crippen LogP contribution in [0.5, 0.6) is 5.75 Å². The Morgan fingerprint density at radius 3 is 2.77 bits per heavy atom. The molecule has 0 saturated carbocycles. The molecule has 1 atom stereocenters. The number of anilines is 1. The van der Waals surface area contributed by atoms with Crippen LogP contribution in [0.2, 0.25) is 0 Å². The number of hydrogen-bond acceptors (Lipinski definition) is 7. The van der Waals surface area contributed by atoms with Gasteiger partial charge in [0, 0.05) is 12.1 Å². The number of nitrogens with zero attached hydrogens (tertiary/aromatic N) is 2. The smallest absolute Gasteiger partial charge is 0.373 e. The molecule has 9 heteroatoms. The highest BCUT2D eigenvalue weighted by atomic mass is 16.6. The van der Waals surface area contributed by atoms with Gasteiger partial charge in [0.25, 0.3) is 11.6 Å². The number of methoxy groups -OCH3 is 1. The maximum atomic E-state index is 12.7. The largest absolute Gasteiger partial charge is 0.478 e. The first-order valence-corrected chi connectivity index (χ1v) is 7.88. The Morgan fingerprint density at radius 1 is 1.35 bits per heavy atom. The molecule has 0 bridgehead atoms. The van der Waals surface area contributed by atoms with Gasteiger partial charge >= 0.3 is 5.97 Å². The van der Waals surface area contributed by atoms with E-state index in [4.69, 9.17) is 9.15 Å². The molecular formula is C17H16N2O7. The van der Waals surface area contributed by atoms with Crippen LogP contribution in [-0.2, 0) is 16.1 Å². The Morgan fingerprint density at radius 2 is 2.12 bits per heavy atom. The molecule has 2 aromatic rings. The van der Waals surface area contributed by atoms with Crippen LogP contribution >= 0.6 is 0 Å². The van der Waals surface area contributed by atoms with E-state index in [9.17, 15) is 19.7 Å². The lowest BCUT2D eigenvalue weighted by molar-refractivity contribution is -0.384. The normalized spacial score (nSPS) is 16.0. The number of esters is 1. The van der Waals surface area contributed by atoms with Gasteiger partial charge in [-0.25, -0.2) is 4.79 Å². The van der Waals surface area contributed by atoms with E-state index in [0.29, 0.717) is 17.9 Å². The third kappa shape index (κ3) is 3.10. The van der Waals surface area contributed by atoms with Gasteiger partial charge in [0.05, 0.1) is 24.3 Å². The fourth-order valence-electron chi connectivity index (χ4n) is 2.68. The topological polar surface area (TPSA) is 112 Å². The van der Waals surface area contributed by atoms with E-state index in [1.54, 1.807) is 13.0 Å². The van der Waals surface area contributed by atoms with Crippen LogP contribution in [0.3, 0.4) is 0 Å². The van der Waals surface area contributed by atoms with Crippen LogP contribution in [-0.4, -0.2) is 30.0 Å². The minimum Gasteiger partial charge on any atom is -0.478 e. The molecule has 26 heavy (non-hydrogen) atoms. The SMILES string of the molecule is CCC1Oc2ccc([N+](=O)[O-])cc2N(Cc2ccc(C(=O)OC)o2)C1=O. The number of carbonyl (C=O) groups excluding carboxylic acids is 2. The predicted molar refractivity (Wildman–Crippen MR) is 89.0 cm³/mol. The van der Waals surface area contributed by atoms with Gasteiger partial charge in [-0.3, -0.25) is 19.8 Å². The molecule has 136 valence electrons. The molecule has 9 nitrogen and oxygen atoms in total. The van der Waals surface area contributed by atoms with Gasteiger partial charge in [0.2, 0.25) is 5.76 Å². The molecule has 2 heterocycles. The Labute approximate surface area is 148 Å². The molecule has 1 aromatic carbocycles. The number of furan rings is 1. The van der Waals surface area contributed by atoms with Gasteiger partial charge in [-0.15, -0.1) is 0 Å². The van der Waals surface area contributed by atoms with Crippen molar-refractivity contribution in [3.63, 3.8) is 0 Å². The summed E-state index contributed by atoms with van der Waals surface area (Å²) >= 11 is 0. The summed E-state index contributed by atoms with van der Waals surface area (Å²) in [6.45, 7) is 1.81. The van der Waals surface area contributed by atoms with Crippen LogP contribution < -0.4 is 9.64 Å². The highest BCUT2D eigenvalue weighted by Gasteiger charge is 2.35. The van der Waals surface area contributed by atoms with Crippen molar-refractivity contribution < 1.29 is 28.4 Å². The first kappa shape index (κ1) is 17.5. The summed E-state index contributed by atoms with van der Waals surface area (Å²) < 4.78 is 15.6. The Kier molecular flexibility index (Phi) is 4.61. The van der Waals surface area contributed by atoms with E-state index >= 15 is 0 Å². The molecule has 0 saturated heterocycles. The molecule has 1 amide bonds. The fourth-order valence-corrected chi connectivity index (χ4v) is 2.68. The summed E-state index contributed by atoms with van der Waals surface area (Å²) in [5.74, 6) is -0.243. The zero-order chi connectivity index (χ0) is 18.8. The van der Waals surface area contributed by atoms with Crippen molar-refractivity contribution in [3.05, 3.63) is 52.0 Å². The number of fused-ring (bicyclic) bond motifs is 1. The van der Waals surface area contributed by atoms with Gasteiger partial charge in [-0.1, -0.05) is 6.92 Å². The zero-order valence-corrected chi connectivity index (χ0v) is 14.1. The molecule has 0 spiro atoms. The standard InChI is InChI=1S/C17H16N2O7/c1-3-13-16(20)18(9-11-5-7-15(25-11)17(21)24-2)12-8-10(19(22)23)4-6-14(12)26-13/h4-8,13H,3,9H2,1-2H3. The van der Waals surface area contributed by atoms with Gasteiger partial charge in [-0.05, 0) is 24.6 Å². The second-order valence-corrected chi connectivity index (χ2v) is 5.61. The molecular weight excluding hydrogens is 344 g/mol. The summed E-state index contributed by atoms with van der Waals surface area (Å²) in [5, 5.41) is 11.1. The van der Waals surface area contributed by atoms with E-state index in [-0.39, 0.29) is 29.6 Å². The van der Waals surface area contributed by atoms with Crippen LogP contribution in [0.1, 0.15) is 29.7 Å². The van der Waals surface area contributed by atoms with Crippen molar-refractivity contribution in [1.82, 2.24) is 0 Å². The Bertz CT molecular complexity index is 874. The molecule has 1 aromatic heterocycles. The van der Waals surface area contributed by atoms with Crippen molar-refractivity contribution in [1.29, 1.82) is 0 Å². The highest BCUT2D eigenvalue weighted by Crippen LogP contribution is 2.38. The molecule has 0 radical (unpaired) electrons. The molecule has 0 aliphatic carbocycles. The molecule has 1 aliphatic heterocycles. The lowest BCUT2D eigenvalue weighted by atomic mass is 10.1. The Hall–Kier alpha value is -3.36. The zero-order valence-electron chi connectivity index (χ0n) is 14.1. The number of benzene rings is 1. The third-order valence-electron chi connectivity index (χ3n) is 3.99. The summed E-state index contributed by atoms with van der Waals surface area (Å²) in [5.41, 5.74) is 0.125. The second-order valence-electron chi connectivity index (χ2n) is 5.61. The van der Waals surface area contributed by atoms with Gasteiger partial charge in [0.1, 0.15) is 11.5 Å². The van der Waals surface area contributed by atoms with E-state index in [1.165, 1.54) is 36.3 Å². The quantitative estimate of drug-likeness (QED) is 0.458. The highest BCUT2D eigenvalue weighted by molar-refractivity contribution is 6.00. The van der Waals surface area contributed by atoms with Gasteiger partial charge in [-0.2, -0.15) is 0 Å². The first-order chi connectivity index (χ1) is 12.4. The third-order valence-corrected chi connectivity index (χ3v) is 3.99. The van der Waals surface area contributed by atoms with Crippen molar-refractivity contribution in [2.24, 2.45) is 0 Å². The van der Waals surface area contributed by atoms with Gasteiger partial charge < -0.3 is 13.9 Å². The summed E-state index contributed by atoms with van der Waals surface area (Å²) in [6.07, 6.45) is -0.254. The summed E-state index contributed by atoms with van der Waals surface area (Å²) in [6, 6.07) is 7.06. The number of amides is 1. The van der Waals surface area contributed by atoms with Crippen molar-refractivity contribution >= 4 is 23.3 Å². The number of hydrogen-bond donors (Lipinski definition) is 0. The van der Waals surface area contributed by atoms with Crippen LogP contribution in [0, 0.1) is 10.1 Å². The molecule has 0 N–H and O–H groups in total. The number of non-ortho nitro benzene ring substituents is 1. The minimum absolute atomic E-state index is 0.00382. The first-order valence-electron chi connectivity index (χ1n) is 7.88. The average Bonchev–Trinajstić information content (AvgIpc) is 3.11. The summed E-state index contributed by atoms with van der Waals surface area (Å²) in [7, 11) is 1.23. The predicted octanol–water partition coefficient (Wildman–Crippen LogP) is 2.68. The lowest BCUT2D eigenvalue weighted by Gasteiger charge is -2.33. The van der Waals surface area contributed by atoms with E-state index in [0.717, 1.165) is 0 Å². The van der Waals surface area contributed by atoms with Crippen molar-refractivity contribution in [3.8, 4) is 5.75 Å². The van der Waals surface area contributed by atoms with Crippen LogP contribution in [0.15, 0.2) is 34.7 Å². The average molecular weight is 360 g/mol. The van der Waals surface area contributed by atoms with Crippen LogP contribution in [0.25, 0.3) is 0 Å². The van der Waals surface area contributed by atoms with E-state index < -0.39 is 17.0 Å². The van der Waals surface area contributed by atoms with Crippen molar-refractivity contribution in [2.75, 3.05) is 12.0 Å². The summed E-state index contributed by atoms with van der Waals surface area (Å²) in [4.78, 5) is 36.1. The number of nitro groups is 1. The fraction of sp³-hybridized carbons (Fsp3) is 0.294. The van der Waals surface area contributed by atoms with E-state index in [2.05, 4.69) is 4.74 Å². The maximum absolute atomic E-state index is 12.7. The number of carbonyl (C=O) groups is 2. The number of ether oxygens (including phenoxy) is 2. The number of rotatable bonds is 5. The monoisotopic (exact) mass is 360 g/mol. The number of nitro benzene ring substituents is 1. The second kappa shape index (κ2) is 6.87. The minimum atomic E-state index is -0.695. The molecule has 1 unspecified atom stereocenters.